The molecule has 3 nitrogen and oxygen atoms in total. The Morgan fingerprint density at radius 3 is 2.71 bits per heavy atom. The first kappa shape index (κ1) is 13.5. The standard InChI is InChI=1S/C14H20N2O/c1-10-7-11(2)14(17-4)13(8-10)5-6-16-12(3)9-15/h7-8,12,16H,5-6H2,1-4H3. The van der Waals surface area contributed by atoms with Crippen LogP contribution in [0, 0.1) is 25.2 Å². The highest BCUT2D eigenvalue weighted by atomic mass is 16.5. The summed E-state index contributed by atoms with van der Waals surface area (Å²) in [7, 11) is 1.70. The molecule has 1 aromatic carbocycles. The summed E-state index contributed by atoms with van der Waals surface area (Å²) in [5.41, 5.74) is 3.60. The molecule has 3 heteroatoms. The van der Waals surface area contributed by atoms with Crippen LogP contribution < -0.4 is 10.1 Å². The van der Waals surface area contributed by atoms with Crippen molar-refractivity contribution < 1.29 is 4.74 Å². The van der Waals surface area contributed by atoms with Gasteiger partial charge in [-0.1, -0.05) is 17.7 Å². The zero-order valence-corrected chi connectivity index (χ0v) is 11.0. The number of rotatable bonds is 5. The van der Waals surface area contributed by atoms with Gasteiger partial charge in [0.2, 0.25) is 0 Å². The zero-order chi connectivity index (χ0) is 12.8. The maximum Gasteiger partial charge on any atom is 0.125 e. The molecule has 0 spiro atoms. The summed E-state index contributed by atoms with van der Waals surface area (Å²) in [6, 6.07) is 6.32. The van der Waals surface area contributed by atoms with Crippen molar-refractivity contribution >= 4 is 0 Å². The molecule has 0 saturated heterocycles. The predicted molar refractivity (Wildman–Crippen MR) is 69.2 cm³/mol. The van der Waals surface area contributed by atoms with Crippen LogP contribution in [-0.4, -0.2) is 19.7 Å². The van der Waals surface area contributed by atoms with Gasteiger partial charge in [0.1, 0.15) is 5.75 Å². The lowest BCUT2D eigenvalue weighted by molar-refractivity contribution is 0.405. The quantitative estimate of drug-likeness (QED) is 0.847. The lowest BCUT2D eigenvalue weighted by Crippen LogP contribution is -2.26. The van der Waals surface area contributed by atoms with E-state index in [0.717, 1.165) is 24.3 Å². The fraction of sp³-hybridized carbons (Fsp3) is 0.500. The Kier molecular flexibility index (Phi) is 4.99. The molecule has 1 aromatic rings. The molecule has 1 unspecified atom stereocenters. The average Bonchev–Trinajstić information content (AvgIpc) is 2.28. The second-order valence-corrected chi connectivity index (χ2v) is 4.33. The summed E-state index contributed by atoms with van der Waals surface area (Å²) in [6.45, 7) is 6.79. The highest BCUT2D eigenvalue weighted by molar-refractivity contribution is 5.43. The zero-order valence-electron chi connectivity index (χ0n) is 11.0. The van der Waals surface area contributed by atoms with Crippen molar-refractivity contribution in [1.29, 1.82) is 5.26 Å². The maximum atomic E-state index is 8.68. The molecule has 0 heterocycles. The number of nitrogens with one attached hydrogen (secondary N) is 1. The molecule has 1 N–H and O–H groups in total. The van der Waals surface area contributed by atoms with Crippen LogP contribution in [0.5, 0.6) is 5.75 Å². The SMILES string of the molecule is COc1c(C)cc(C)cc1CCNC(C)C#N. The van der Waals surface area contributed by atoms with E-state index in [9.17, 15) is 0 Å². The van der Waals surface area contributed by atoms with Gasteiger partial charge >= 0.3 is 0 Å². The molecule has 0 amide bonds. The summed E-state index contributed by atoms with van der Waals surface area (Å²) in [4.78, 5) is 0. The lowest BCUT2D eigenvalue weighted by atomic mass is 10.0. The summed E-state index contributed by atoms with van der Waals surface area (Å²) in [6.07, 6.45) is 0.873. The Balaban J connectivity index is 2.73. The third-order valence-corrected chi connectivity index (χ3v) is 2.74. The van der Waals surface area contributed by atoms with Crippen molar-refractivity contribution in [3.05, 3.63) is 28.8 Å². The number of hydrogen-bond acceptors (Lipinski definition) is 3. The van der Waals surface area contributed by atoms with Gasteiger partial charge in [-0.05, 0) is 38.3 Å². The van der Waals surface area contributed by atoms with Gasteiger partial charge in [0.05, 0.1) is 19.2 Å². The molecule has 1 atom stereocenters. The van der Waals surface area contributed by atoms with Crippen molar-refractivity contribution in [2.75, 3.05) is 13.7 Å². The highest BCUT2D eigenvalue weighted by Gasteiger charge is 2.07. The van der Waals surface area contributed by atoms with Crippen LogP contribution in [0.2, 0.25) is 0 Å². The minimum Gasteiger partial charge on any atom is -0.496 e. The number of hydrogen-bond donors (Lipinski definition) is 1. The molecule has 0 fully saturated rings. The van der Waals surface area contributed by atoms with Crippen molar-refractivity contribution in [3.8, 4) is 11.8 Å². The van der Waals surface area contributed by atoms with E-state index in [0.29, 0.717) is 0 Å². The first-order valence-electron chi connectivity index (χ1n) is 5.85. The molecule has 17 heavy (non-hydrogen) atoms. The van der Waals surface area contributed by atoms with Crippen LogP contribution in [0.25, 0.3) is 0 Å². The van der Waals surface area contributed by atoms with Crippen LogP contribution >= 0.6 is 0 Å². The van der Waals surface area contributed by atoms with Crippen molar-refractivity contribution in [1.82, 2.24) is 5.32 Å². The first-order valence-corrected chi connectivity index (χ1v) is 5.85. The smallest absolute Gasteiger partial charge is 0.125 e. The van der Waals surface area contributed by atoms with E-state index in [2.05, 4.69) is 37.4 Å². The van der Waals surface area contributed by atoms with Gasteiger partial charge in [-0.15, -0.1) is 0 Å². The van der Waals surface area contributed by atoms with E-state index in [1.165, 1.54) is 11.1 Å². The molecule has 0 aliphatic carbocycles. The largest absolute Gasteiger partial charge is 0.496 e. The van der Waals surface area contributed by atoms with Crippen LogP contribution in [0.4, 0.5) is 0 Å². The molecular formula is C14H20N2O. The van der Waals surface area contributed by atoms with Crippen molar-refractivity contribution in [2.24, 2.45) is 0 Å². The second-order valence-electron chi connectivity index (χ2n) is 4.33. The normalized spacial score (nSPS) is 11.9. The van der Waals surface area contributed by atoms with Gasteiger partial charge in [0.25, 0.3) is 0 Å². The van der Waals surface area contributed by atoms with Crippen LogP contribution in [0.3, 0.4) is 0 Å². The van der Waals surface area contributed by atoms with Gasteiger partial charge < -0.3 is 10.1 Å². The van der Waals surface area contributed by atoms with Crippen LogP contribution in [-0.2, 0) is 6.42 Å². The number of nitrogens with zero attached hydrogens (tertiary/aromatic N) is 1. The summed E-state index contributed by atoms with van der Waals surface area (Å²) >= 11 is 0. The van der Waals surface area contributed by atoms with Crippen LogP contribution in [0.1, 0.15) is 23.6 Å². The minimum absolute atomic E-state index is 0.105. The van der Waals surface area contributed by atoms with Gasteiger partial charge in [-0.3, -0.25) is 0 Å². The lowest BCUT2D eigenvalue weighted by Gasteiger charge is -2.13. The third kappa shape index (κ3) is 3.76. The third-order valence-electron chi connectivity index (χ3n) is 2.74. The molecule has 0 radical (unpaired) electrons. The Labute approximate surface area is 103 Å². The number of ether oxygens (including phenoxy) is 1. The van der Waals surface area contributed by atoms with Gasteiger partial charge in [-0.2, -0.15) is 5.26 Å². The molecule has 0 aromatic heterocycles. The molecule has 0 aliphatic rings. The van der Waals surface area contributed by atoms with Gasteiger partial charge in [-0.25, -0.2) is 0 Å². The Hall–Kier alpha value is -1.53. The molecule has 0 bridgehead atoms. The van der Waals surface area contributed by atoms with E-state index >= 15 is 0 Å². The summed E-state index contributed by atoms with van der Waals surface area (Å²) in [5.74, 6) is 0.960. The Morgan fingerprint density at radius 1 is 1.41 bits per heavy atom. The second kappa shape index (κ2) is 6.27. The Bertz CT molecular complexity index is 421. The van der Waals surface area contributed by atoms with E-state index in [1.807, 2.05) is 6.92 Å². The average molecular weight is 232 g/mol. The molecule has 1 rings (SSSR count). The molecule has 0 aliphatic heterocycles. The van der Waals surface area contributed by atoms with Gasteiger partial charge in [0.15, 0.2) is 0 Å². The number of benzene rings is 1. The highest BCUT2D eigenvalue weighted by Crippen LogP contribution is 2.25. The van der Waals surface area contributed by atoms with E-state index in [4.69, 9.17) is 10.00 Å². The number of nitriles is 1. The maximum absolute atomic E-state index is 8.68. The fourth-order valence-electron chi connectivity index (χ4n) is 1.99. The summed E-state index contributed by atoms with van der Waals surface area (Å²) < 4.78 is 5.42. The fourth-order valence-corrected chi connectivity index (χ4v) is 1.99. The molecule has 0 saturated carbocycles. The predicted octanol–water partition coefficient (Wildman–Crippen LogP) is 2.36. The van der Waals surface area contributed by atoms with E-state index in [1.54, 1.807) is 7.11 Å². The number of aryl methyl sites for hydroxylation is 2. The van der Waals surface area contributed by atoms with E-state index < -0.39 is 0 Å². The van der Waals surface area contributed by atoms with Crippen LogP contribution in [0.15, 0.2) is 12.1 Å². The Morgan fingerprint density at radius 2 is 2.12 bits per heavy atom. The van der Waals surface area contributed by atoms with Gasteiger partial charge in [0, 0.05) is 6.54 Å². The molecule has 92 valence electrons. The van der Waals surface area contributed by atoms with Crippen molar-refractivity contribution in [3.63, 3.8) is 0 Å². The van der Waals surface area contributed by atoms with E-state index in [-0.39, 0.29) is 6.04 Å². The topological polar surface area (TPSA) is 45.0 Å². The summed E-state index contributed by atoms with van der Waals surface area (Å²) in [5, 5.41) is 11.8. The first-order chi connectivity index (χ1) is 8.08. The minimum atomic E-state index is -0.105. The molecular weight excluding hydrogens is 212 g/mol. The number of methoxy groups -OCH3 is 1. The monoisotopic (exact) mass is 232 g/mol. The van der Waals surface area contributed by atoms with Crippen molar-refractivity contribution in [2.45, 2.75) is 33.2 Å².